The number of piperidine rings is 1. The SMILES string of the molecule is N#Cc1ccc(N2CCC(C3CCCN3)CC2)cc1C(F)(F)F. The van der Waals surface area contributed by atoms with Gasteiger partial charge in [0.1, 0.15) is 0 Å². The van der Waals surface area contributed by atoms with Gasteiger partial charge in [0, 0.05) is 24.8 Å². The van der Waals surface area contributed by atoms with Gasteiger partial charge in [-0.3, -0.25) is 0 Å². The molecule has 1 aromatic carbocycles. The summed E-state index contributed by atoms with van der Waals surface area (Å²) in [7, 11) is 0. The average molecular weight is 323 g/mol. The maximum absolute atomic E-state index is 13.1. The van der Waals surface area contributed by atoms with Crippen LogP contribution in [-0.2, 0) is 6.18 Å². The molecule has 0 amide bonds. The third-order valence-electron chi connectivity index (χ3n) is 5.00. The van der Waals surface area contributed by atoms with Crippen molar-refractivity contribution in [2.45, 2.75) is 37.9 Å². The summed E-state index contributed by atoms with van der Waals surface area (Å²) in [5.74, 6) is 0.620. The van der Waals surface area contributed by atoms with Crippen molar-refractivity contribution in [1.29, 1.82) is 5.26 Å². The van der Waals surface area contributed by atoms with Crippen molar-refractivity contribution in [2.24, 2.45) is 5.92 Å². The fourth-order valence-corrected chi connectivity index (χ4v) is 3.73. The molecule has 1 aromatic rings. The second-order valence-corrected chi connectivity index (χ2v) is 6.37. The van der Waals surface area contributed by atoms with Crippen LogP contribution in [0.25, 0.3) is 0 Å². The van der Waals surface area contributed by atoms with E-state index in [0.29, 0.717) is 17.6 Å². The Morgan fingerprint density at radius 1 is 1.17 bits per heavy atom. The van der Waals surface area contributed by atoms with E-state index < -0.39 is 11.7 Å². The van der Waals surface area contributed by atoms with E-state index in [1.165, 1.54) is 18.9 Å². The van der Waals surface area contributed by atoms with Crippen molar-refractivity contribution in [3.8, 4) is 6.07 Å². The van der Waals surface area contributed by atoms with Crippen LogP contribution in [-0.4, -0.2) is 25.7 Å². The Bertz CT molecular complexity index is 592. The number of anilines is 1. The van der Waals surface area contributed by atoms with Crippen LogP contribution in [0.5, 0.6) is 0 Å². The molecule has 2 fully saturated rings. The first-order valence-corrected chi connectivity index (χ1v) is 8.08. The first kappa shape index (κ1) is 16.1. The molecule has 1 N–H and O–H groups in total. The van der Waals surface area contributed by atoms with Gasteiger partial charge < -0.3 is 10.2 Å². The molecular weight excluding hydrogens is 303 g/mol. The van der Waals surface area contributed by atoms with E-state index >= 15 is 0 Å². The number of rotatable bonds is 2. The molecule has 0 saturated carbocycles. The van der Waals surface area contributed by atoms with Crippen molar-refractivity contribution >= 4 is 5.69 Å². The fraction of sp³-hybridized carbons (Fsp3) is 0.588. The number of nitrogens with one attached hydrogen (secondary N) is 1. The van der Waals surface area contributed by atoms with Gasteiger partial charge >= 0.3 is 6.18 Å². The number of nitrogens with zero attached hydrogens (tertiary/aromatic N) is 2. The monoisotopic (exact) mass is 323 g/mol. The second kappa shape index (κ2) is 6.40. The van der Waals surface area contributed by atoms with Crippen LogP contribution < -0.4 is 10.2 Å². The van der Waals surface area contributed by atoms with Gasteiger partial charge in [-0.05, 0) is 56.3 Å². The first-order valence-electron chi connectivity index (χ1n) is 8.08. The lowest BCUT2D eigenvalue weighted by Gasteiger charge is -2.36. The number of halogens is 3. The van der Waals surface area contributed by atoms with Crippen LogP contribution in [0.3, 0.4) is 0 Å². The lowest BCUT2D eigenvalue weighted by atomic mass is 9.88. The topological polar surface area (TPSA) is 39.1 Å². The lowest BCUT2D eigenvalue weighted by molar-refractivity contribution is -0.137. The number of alkyl halides is 3. The van der Waals surface area contributed by atoms with Gasteiger partial charge in [0.25, 0.3) is 0 Å². The highest BCUT2D eigenvalue weighted by atomic mass is 19.4. The zero-order chi connectivity index (χ0) is 16.4. The average Bonchev–Trinajstić information content (AvgIpc) is 3.08. The molecule has 23 heavy (non-hydrogen) atoms. The lowest BCUT2D eigenvalue weighted by Crippen LogP contribution is -2.41. The maximum Gasteiger partial charge on any atom is 0.417 e. The minimum absolute atomic E-state index is 0.314. The van der Waals surface area contributed by atoms with Gasteiger partial charge in [0.2, 0.25) is 0 Å². The Balaban J connectivity index is 1.72. The number of hydrogen-bond acceptors (Lipinski definition) is 3. The van der Waals surface area contributed by atoms with Gasteiger partial charge in [-0.15, -0.1) is 0 Å². The molecule has 1 unspecified atom stereocenters. The molecule has 0 bridgehead atoms. The van der Waals surface area contributed by atoms with Crippen LogP contribution in [0.15, 0.2) is 18.2 Å². The van der Waals surface area contributed by atoms with E-state index in [1.807, 2.05) is 4.90 Å². The molecule has 1 atom stereocenters. The Hall–Kier alpha value is -1.74. The van der Waals surface area contributed by atoms with E-state index in [4.69, 9.17) is 5.26 Å². The molecule has 0 radical (unpaired) electrons. The molecule has 124 valence electrons. The molecule has 2 aliphatic heterocycles. The smallest absolute Gasteiger partial charge is 0.372 e. The zero-order valence-electron chi connectivity index (χ0n) is 12.9. The van der Waals surface area contributed by atoms with E-state index in [1.54, 1.807) is 12.1 Å². The van der Waals surface area contributed by atoms with Crippen molar-refractivity contribution in [3.05, 3.63) is 29.3 Å². The molecule has 0 aromatic heterocycles. The van der Waals surface area contributed by atoms with Crippen molar-refractivity contribution in [3.63, 3.8) is 0 Å². The Morgan fingerprint density at radius 3 is 2.48 bits per heavy atom. The number of hydrogen-bond donors (Lipinski definition) is 1. The van der Waals surface area contributed by atoms with Crippen molar-refractivity contribution in [2.75, 3.05) is 24.5 Å². The fourth-order valence-electron chi connectivity index (χ4n) is 3.73. The van der Waals surface area contributed by atoms with E-state index in [-0.39, 0.29) is 5.56 Å². The highest BCUT2D eigenvalue weighted by Gasteiger charge is 2.35. The van der Waals surface area contributed by atoms with Crippen LogP contribution in [0.4, 0.5) is 18.9 Å². The Labute approximate surface area is 134 Å². The summed E-state index contributed by atoms with van der Waals surface area (Å²) in [6.07, 6.45) is -0.0690. The van der Waals surface area contributed by atoms with E-state index in [2.05, 4.69) is 5.32 Å². The molecule has 3 rings (SSSR count). The van der Waals surface area contributed by atoms with Gasteiger partial charge in [-0.1, -0.05) is 0 Å². The Morgan fingerprint density at radius 2 is 1.91 bits per heavy atom. The van der Waals surface area contributed by atoms with Crippen LogP contribution in [0.1, 0.15) is 36.8 Å². The van der Waals surface area contributed by atoms with Gasteiger partial charge in [-0.25, -0.2) is 0 Å². The molecule has 6 heteroatoms. The number of nitriles is 1. The minimum Gasteiger partial charge on any atom is -0.372 e. The minimum atomic E-state index is -4.49. The van der Waals surface area contributed by atoms with Crippen LogP contribution in [0, 0.1) is 17.2 Å². The van der Waals surface area contributed by atoms with E-state index in [9.17, 15) is 13.2 Å². The standard InChI is InChI=1S/C17H20F3N3/c18-17(19,20)15-10-14(4-3-13(15)11-21)23-8-5-12(6-9-23)16-2-1-7-22-16/h3-4,10,12,16,22H,1-2,5-9H2. The Kier molecular flexibility index (Phi) is 4.49. The van der Waals surface area contributed by atoms with Gasteiger partial charge in [0.05, 0.1) is 17.2 Å². The third kappa shape index (κ3) is 3.45. The molecule has 0 spiro atoms. The molecule has 2 saturated heterocycles. The molecule has 0 aliphatic carbocycles. The highest BCUT2D eigenvalue weighted by Crippen LogP contribution is 2.35. The molecular formula is C17H20F3N3. The largest absolute Gasteiger partial charge is 0.417 e. The zero-order valence-corrected chi connectivity index (χ0v) is 12.9. The summed E-state index contributed by atoms with van der Waals surface area (Å²) in [5.41, 5.74) is -0.586. The number of benzene rings is 1. The summed E-state index contributed by atoms with van der Waals surface area (Å²) >= 11 is 0. The summed E-state index contributed by atoms with van der Waals surface area (Å²) < 4.78 is 39.2. The summed E-state index contributed by atoms with van der Waals surface area (Å²) in [6.45, 7) is 2.62. The summed E-state index contributed by atoms with van der Waals surface area (Å²) in [6, 6.07) is 6.23. The van der Waals surface area contributed by atoms with Crippen LogP contribution in [0.2, 0.25) is 0 Å². The molecule has 2 heterocycles. The first-order chi connectivity index (χ1) is 11.0. The molecule has 3 nitrogen and oxygen atoms in total. The van der Waals surface area contributed by atoms with E-state index in [0.717, 1.165) is 38.5 Å². The van der Waals surface area contributed by atoms with Gasteiger partial charge in [0.15, 0.2) is 0 Å². The highest BCUT2D eigenvalue weighted by molar-refractivity contribution is 5.55. The maximum atomic E-state index is 13.1. The van der Waals surface area contributed by atoms with Crippen molar-refractivity contribution in [1.82, 2.24) is 5.32 Å². The second-order valence-electron chi connectivity index (χ2n) is 6.37. The normalized spacial score (nSPS) is 23.0. The predicted octanol–water partition coefficient (Wildman–Crippen LogP) is 3.55. The third-order valence-corrected chi connectivity index (χ3v) is 5.00. The molecule has 2 aliphatic rings. The van der Waals surface area contributed by atoms with Crippen molar-refractivity contribution < 1.29 is 13.2 Å². The quantitative estimate of drug-likeness (QED) is 0.905. The summed E-state index contributed by atoms with van der Waals surface area (Å²) in [4.78, 5) is 2.00. The van der Waals surface area contributed by atoms with Gasteiger partial charge in [-0.2, -0.15) is 18.4 Å². The van der Waals surface area contributed by atoms with Crippen LogP contribution >= 0.6 is 0 Å². The summed E-state index contributed by atoms with van der Waals surface area (Å²) in [5, 5.41) is 12.4. The predicted molar refractivity (Wildman–Crippen MR) is 82.1 cm³/mol.